The molecule has 1 aromatic heterocycles. The summed E-state index contributed by atoms with van der Waals surface area (Å²) in [5.41, 5.74) is 4.20. The molecule has 0 N–H and O–H groups in total. The average Bonchev–Trinajstić information content (AvgIpc) is 2.76. The van der Waals surface area contributed by atoms with Gasteiger partial charge in [0.05, 0.1) is 16.8 Å². The van der Waals surface area contributed by atoms with E-state index in [1.807, 2.05) is 45.9 Å². The molecule has 0 unspecified atom stereocenters. The van der Waals surface area contributed by atoms with Gasteiger partial charge in [-0.25, -0.2) is 0 Å². The van der Waals surface area contributed by atoms with Gasteiger partial charge in [0.2, 0.25) is 0 Å². The van der Waals surface area contributed by atoms with Crippen LogP contribution in [-0.2, 0) is 6.54 Å². The highest BCUT2D eigenvalue weighted by Crippen LogP contribution is 2.28. The van der Waals surface area contributed by atoms with E-state index in [9.17, 15) is 14.4 Å². The number of aromatic nitrogens is 1. The van der Waals surface area contributed by atoms with Crippen LogP contribution in [0.4, 0.5) is 5.69 Å². The number of benzene rings is 2. The maximum Gasteiger partial charge on any atom is 0.258 e. The molecular weight excluding hydrogens is 402 g/mol. The largest absolute Gasteiger partial charge is 0.345 e. The monoisotopic (exact) mass is 433 g/mol. The second-order valence-corrected chi connectivity index (χ2v) is 8.65. The van der Waals surface area contributed by atoms with Crippen LogP contribution in [0.2, 0.25) is 0 Å². The Hall–Kier alpha value is -3.41. The van der Waals surface area contributed by atoms with Gasteiger partial charge in [-0.05, 0) is 55.7 Å². The second-order valence-electron chi connectivity index (χ2n) is 8.65. The zero-order valence-corrected chi connectivity index (χ0v) is 19.9. The molecule has 2 amide bonds. The van der Waals surface area contributed by atoms with Crippen molar-refractivity contribution in [1.29, 1.82) is 0 Å². The number of amides is 2. The molecule has 32 heavy (non-hydrogen) atoms. The topological polar surface area (TPSA) is 62.6 Å². The Morgan fingerprint density at radius 2 is 1.66 bits per heavy atom. The first kappa shape index (κ1) is 23.3. The van der Waals surface area contributed by atoms with Crippen LogP contribution in [0.25, 0.3) is 10.9 Å². The number of nitrogens with zero attached hydrogens (tertiary/aromatic N) is 3. The Labute approximate surface area is 189 Å². The number of carbonyl (C=O) groups excluding carboxylic acids is 2. The zero-order chi connectivity index (χ0) is 23.7. The van der Waals surface area contributed by atoms with Crippen LogP contribution < -0.4 is 10.5 Å². The first-order chi connectivity index (χ1) is 15.1. The van der Waals surface area contributed by atoms with E-state index in [4.69, 9.17) is 0 Å². The first-order valence-electron chi connectivity index (χ1n) is 10.8. The van der Waals surface area contributed by atoms with Crippen molar-refractivity contribution in [2.75, 3.05) is 26.0 Å². The van der Waals surface area contributed by atoms with Crippen LogP contribution in [0.3, 0.4) is 0 Å². The van der Waals surface area contributed by atoms with Gasteiger partial charge in [0.25, 0.3) is 17.4 Å². The van der Waals surface area contributed by atoms with Crippen molar-refractivity contribution < 1.29 is 9.59 Å². The molecule has 0 bridgehead atoms. The van der Waals surface area contributed by atoms with Crippen LogP contribution in [0.15, 0.2) is 47.3 Å². The van der Waals surface area contributed by atoms with E-state index in [0.29, 0.717) is 23.4 Å². The predicted octanol–water partition coefficient (Wildman–Crippen LogP) is 4.43. The molecule has 0 saturated heterocycles. The first-order valence-corrected chi connectivity index (χ1v) is 10.8. The fourth-order valence-corrected chi connectivity index (χ4v) is 4.00. The van der Waals surface area contributed by atoms with E-state index in [1.54, 1.807) is 50.0 Å². The number of hydrogen-bond acceptors (Lipinski definition) is 3. The number of hydrogen-bond donors (Lipinski definition) is 0. The van der Waals surface area contributed by atoms with Crippen molar-refractivity contribution in [1.82, 2.24) is 9.47 Å². The number of pyridine rings is 1. The molecule has 0 aliphatic rings. The van der Waals surface area contributed by atoms with Crippen molar-refractivity contribution in [3.63, 3.8) is 0 Å². The minimum atomic E-state index is -0.215. The molecule has 3 rings (SSSR count). The van der Waals surface area contributed by atoms with Crippen molar-refractivity contribution in [3.05, 3.63) is 75.1 Å². The lowest BCUT2D eigenvalue weighted by molar-refractivity contribution is 0.0828. The van der Waals surface area contributed by atoms with E-state index in [0.717, 1.165) is 22.0 Å². The number of aryl methyl sites for hydroxylation is 2. The molecule has 0 atom stereocenters. The maximum absolute atomic E-state index is 13.5. The summed E-state index contributed by atoms with van der Waals surface area (Å²) in [6.07, 6.45) is 0. The smallest absolute Gasteiger partial charge is 0.258 e. The molecule has 0 saturated carbocycles. The summed E-state index contributed by atoms with van der Waals surface area (Å²) in [5.74, 6) is -0.232. The average molecular weight is 434 g/mol. The summed E-state index contributed by atoms with van der Waals surface area (Å²) >= 11 is 0. The summed E-state index contributed by atoms with van der Waals surface area (Å²) in [4.78, 5) is 41.7. The quantitative estimate of drug-likeness (QED) is 0.598. The zero-order valence-electron chi connectivity index (χ0n) is 19.9. The van der Waals surface area contributed by atoms with Crippen LogP contribution >= 0.6 is 0 Å². The van der Waals surface area contributed by atoms with Crippen molar-refractivity contribution in [2.45, 2.75) is 40.2 Å². The molecule has 0 spiro atoms. The van der Waals surface area contributed by atoms with Crippen LogP contribution in [0, 0.1) is 6.92 Å². The molecule has 0 fully saturated rings. The van der Waals surface area contributed by atoms with Crippen LogP contribution in [0.1, 0.15) is 58.5 Å². The molecule has 6 nitrogen and oxygen atoms in total. The van der Waals surface area contributed by atoms with Crippen molar-refractivity contribution in [2.24, 2.45) is 0 Å². The van der Waals surface area contributed by atoms with E-state index in [2.05, 4.69) is 0 Å². The Morgan fingerprint density at radius 1 is 0.969 bits per heavy atom. The molecular formula is C26H31N3O3. The highest BCUT2D eigenvalue weighted by Gasteiger charge is 2.22. The molecule has 2 aromatic carbocycles. The minimum Gasteiger partial charge on any atom is -0.345 e. The number of carbonyl (C=O) groups is 2. The Bertz CT molecular complexity index is 1260. The number of fused-ring (bicyclic) bond motifs is 1. The Balaban J connectivity index is 2.13. The SMILES string of the molecule is CCn1c(=O)cc(C(C)C)c2cc(C(=O)N(C)c3ccc(C)cc3C(=O)N(C)C)ccc21. The Morgan fingerprint density at radius 3 is 2.25 bits per heavy atom. The molecule has 0 aliphatic heterocycles. The molecule has 3 aromatic rings. The van der Waals surface area contributed by atoms with Crippen molar-refractivity contribution >= 4 is 28.4 Å². The van der Waals surface area contributed by atoms with Gasteiger partial charge in [0.15, 0.2) is 0 Å². The fraction of sp³-hybridized carbons (Fsp3) is 0.346. The standard InChI is InChI=1S/C26H31N3O3/c1-8-29-23-12-10-18(14-20(23)19(16(2)3)15-24(29)30)25(31)28(7)22-11-9-17(4)13-21(22)26(32)27(5)6/h9-16H,8H2,1-7H3. The summed E-state index contributed by atoms with van der Waals surface area (Å²) in [6, 6.07) is 12.6. The van der Waals surface area contributed by atoms with Crippen molar-refractivity contribution in [3.8, 4) is 0 Å². The van der Waals surface area contributed by atoms with E-state index < -0.39 is 0 Å². The van der Waals surface area contributed by atoms with Gasteiger partial charge < -0.3 is 14.4 Å². The summed E-state index contributed by atoms with van der Waals surface area (Å²) in [7, 11) is 5.07. The Kier molecular flexibility index (Phi) is 6.53. The lowest BCUT2D eigenvalue weighted by Crippen LogP contribution is -2.30. The van der Waals surface area contributed by atoms with Gasteiger partial charge in [-0.15, -0.1) is 0 Å². The van der Waals surface area contributed by atoms with Gasteiger partial charge in [0, 0.05) is 44.7 Å². The van der Waals surface area contributed by atoms with E-state index in [-0.39, 0.29) is 23.3 Å². The predicted molar refractivity (Wildman–Crippen MR) is 130 cm³/mol. The molecule has 1 heterocycles. The van der Waals surface area contributed by atoms with Gasteiger partial charge >= 0.3 is 0 Å². The third kappa shape index (κ3) is 4.17. The van der Waals surface area contributed by atoms with Crippen LogP contribution in [0.5, 0.6) is 0 Å². The third-order valence-electron chi connectivity index (χ3n) is 5.78. The number of rotatable bonds is 5. The molecule has 6 heteroatoms. The summed E-state index contributed by atoms with van der Waals surface area (Å²) in [5, 5.41) is 0.897. The highest BCUT2D eigenvalue weighted by atomic mass is 16.2. The van der Waals surface area contributed by atoms with Gasteiger partial charge in [0.1, 0.15) is 0 Å². The lowest BCUT2D eigenvalue weighted by atomic mass is 9.97. The highest BCUT2D eigenvalue weighted by molar-refractivity contribution is 6.11. The van der Waals surface area contributed by atoms with E-state index >= 15 is 0 Å². The second kappa shape index (κ2) is 8.99. The molecule has 0 radical (unpaired) electrons. The number of anilines is 1. The van der Waals surface area contributed by atoms with Gasteiger partial charge in [-0.2, -0.15) is 0 Å². The van der Waals surface area contributed by atoms with Crippen LogP contribution in [-0.4, -0.2) is 42.4 Å². The van der Waals surface area contributed by atoms with Gasteiger partial charge in [-0.3, -0.25) is 14.4 Å². The minimum absolute atomic E-state index is 0.0358. The van der Waals surface area contributed by atoms with E-state index in [1.165, 1.54) is 9.80 Å². The fourth-order valence-electron chi connectivity index (χ4n) is 4.00. The summed E-state index contributed by atoms with van der Waals surface area (Å²) < 4.78 is 1.72. The molecule has 168 valence electrons. The molecule has 0 aliphatic carbocycles. The third-order valence-corrected chi connectivity index (χ3v) is 5.78. The van der Waals surface area contributed by atoms with Gasteiger partial charge in [-0.1, -0.05) is 25.5 Å². The maximum atomic E-state index is 13.5. The lowest BCUT2D eigenvalue weighted by Gasteiger charge is -2.23. The summed E-state index contributed by atoms with van der Waals surface area (Å²) in [6.45, 7) is 8.48. The normalized spacial score (nSPS) is 11.1.